The van der Waals surface area contributed by atoms with Crippen LogP contribution in [0.5, 0.6) is 0 Å². The van der Waals surface area contributed by atoms with E-state index >= 15 is 0 Å². The van der Waals surface area contributed by atoms with Gasteiger partial charge in [0.1, 0.15) is 5.15 Å². The highest BCUT2D eigenvalue weighted by Gasteiger charge is 2.13. The first kappa shape index (κ1) is 12.9. The van der Waals surface area contributed by atoms with Crippen LogP contribution in [-0.2, 0) is 4.79 Å². The lowest BCUT2D eigenvalue weighted by molar-refractivity contribution is -0.116. The third-order valence-corrected chi connectivity index (χ3v) is 2.08. The molecule has 1 aromatic heterocycles. The third kappa shape index (κ3) is 5.04. The monoisotopic (exact) mass is 242 g/mol. The Balaban J connectivity index is 2.46. The number of halogens is 1. The quantitative estimate of drug-likeness (QED) is 0.786. The standard InChI is InChI=1S/C10H15ClN4O/c1-10(2,12)5-3-8(16)15-9-13-6-4-7(11)14-9/h4,6H,3,5,12H2,1-2H3,(H,13,14,15,16). The molecule has 0 spiro atoms. The number of anilines is 1. The second kappa shape index (κ2) is 5.23. The van der Waals surface area contributed by atoms with Gasteiger partial charge in [0.25, 0.3) is 0 Å². The first-order valence-corrected chi connectivity index (χ1v) is 5.32. The molecule has 0 aliphatic carbocycles. The number of amides is 1. The van der Waals surface area contributed by atoms with Crippen LogP contribution >= 0.6 is 11.6 Å². The van der Waals surface area contributed by atoms with Gasteiger partial charge in [0, 0.05) is 18.2 Å². The molecule has 16 heavy (non-hydrogen) atoms. The highest BCUT2D eigenvalue weighted by molar-refractivity contribution is 6.29. The van der Waals surface area contributed by atoms with E-state index in [-0.39, 0.29) is 17.4 Å². The van der Waals surface area contributed by atoms with E-state index in [4.69, 9.17) is 17.3 Å². The average molecular weight is 243 g/mol. The van der Waals surface area contributed by atoms with Gasteiger partial charge in [-0.05, 0) is 26.3 Å². The van der Waals surface area contributed by atoms with Crippen molar-refractivity contribution in [3.8, 4) is 0 Å². The van der Waals surface area contributed by atoms with Crippen LogP contribution in [0.3, 0.4) is 0 Å². The number of carbonyl (C=O) groups is 1. The van der Waals surface area contributed by atoms with Crippen molar-refractivity contribution in [2.24, 2.45) is 5.73 Å². The van der Waals surface area contributed by atoms with Crippen LogP contribution in [0.4, 0.5) is 5.95 Å². The lowest BCUT2D eigenvalue weighted by Gasteiger charge is -2.17. The van der Waals surface area contributed by atoms with Crippen molar-refractivity contribution in [1.29, 1.82) is 0 Å². The molecule has 0 atom stereocenters. The second-order valence-electron chi connectivity index (χ2n) is 4.24. The molecule has 6 heteroatoms. The molecule has 5 nitrogen and oxygen atoms in total. The fraction of sp³-hybridized carbons (Fsp3) is 0.500. The highest BCUT2D eigenvalue weighted by Crippen LogP contribution is 2.09. The summed E-state index contributed by atoms with van der Waals surface area (Å²) in [5, 5.41) is 2.85. The number of hydrogen-bond acceptors (Lipinski definition) is 4. The van der Waals surface area contributed by atoms with E-state index in [1.165, 1.54) is 6.20 Å². The molecule has 0 aliphatic heterocycles. The summed E-state index contributed by atoms with van der Waals surface area (Å²) in [5.41, 5.74) is 5.41. The summed E-state index contributed by atoms with van der Waals surface area (Å²) >= 11 is 5.66. The Morgan fingerprint density at radius 2 is 2.31 bits per heavy atom. The van der Waals surface area contributed by atoms with Gasteiger partial charge in [0.2, 0.25) is 11.9 Å². The van der Waals surface area contributed by atoms with Crippen LogP contribution in [0.25, 0.3) is 0 Å². The summed E-state index contributed by atoms with van der Waals surface area (Å²) in [6.07, 6.45) is 2.41. The number of nitrogens with zero attached hydrogens (tertiary/aromatic N) is 2. The number of rotatable bonds is 4. The summed E-state index contributed by atoms with van der Waals surface area (Å²) < 4.78 is 0. The van der Waals surface area contributed by atoms with Gasteiger partial charge < -0.3 is 5.73 Å². The zero-order valence-electron chi connectivity index (χ0n) is 9.33. The van der Waals surface area contributed by atoms with Gasteiger partial charge in [-0.25, -0.2) is 9.97 Å². The molecule has 0 aromatic carbocycles. The van der Waals surface area contributed by atoms with E-state index in [0.717, 1.165) is 0 Å². The fourth-order valence-electron chi connectivity index (χ4n) is 1.02. The molecule has 0 saturated carbocycles. The zero-order valence-corrected chi connectivity index (χ0v) is 10.1. The summed E-state index contributed by atoms with van der Waals surface area (Å²) in [5.74, 6) is 0.0492. The topological polar surface area (TPSA) is 80.9 Å². The Bertz CT molecular complexity index is 375. The summed E-state index contributed by atoms with van der Waals surface area (Å²) in [7, 11) is 0. The third-order valence-electron chi connectivity index (χ3n) is 1.87. The molecule has 1 heterocycles. The number of hydrogen-bond donors (Lipinski definition) is 2. The fourth-order valence-corrected chi connectivity index (χ4v) is 1.16. The average Bonchev–Trinajstić information content (AvgIpc) is 2.14. The molecule has 0 fully saturated rings. The number of nitrogens with one attached hydrogen (secondary N) is 1. The molecular formula is C10H15ClN4O. The van der Waals surface area contributed by atoms with Crippen LogP contribution in [0.15, 0.2) is 12.3 Å². The number of aromatic nitrogens is 2. The van der Waals surface area contributed by atoms with E-state index in [0.29, 0.717) is 18.0 Å². The van der Waals surface area contributed by atoms with Gasteiger partial charge in [0.05, 0.1) is 0 Å². The van der Waals surface area contributed by atoms with Gasteiger partial charge in [-0.2, -0.15) is 0 Å². The maximum atomic E-state index is 11.5. The van der Waals surface area contributed by atoms with Gasteiger partial charge >= 0.3 is 0 Å². The Morgan fingerprint density at radius 3 is 2.88 bits per heavy atom. The Hall–Kier alpha value is -1.20. The lowest BCUT2D eigenvalue weighted by Crippen LogP contribution is -2.33. The minimum Gasteiger partial charge on any atom is -0.326 e. The SMILES string of the molecule is CC(C)(N)CCC(=O)Nc1nccc(Cl)n1. The van der Waals surface area contributed by atoms with Crippen LogP contribution in [0, 0.1) is 0 Å². The molecule has 0 unspecified atom stereocenters. The van der Waals surface area contributed by atoms with Crippen molar-refractivity contribution >= 4 is 23.5 Å². The normalized spacial score (nSPS) is 11.2. The van der Waals surface area contributed by atoms with E-state index in [1.54, 1.807) is 6.07 Å². The van der Waals surface area contributed by atoms with Crippen molar-refractivity contribution < 1.29 is 4.79 Å². The number of nitrogens with two attached hydrogens (primary N) is 1. The summed E-state index contributed by atoms with van der Waals surface area (Å²) in [6, 6.07) is 1.54. The maximum absolute atomic E-state index is 11.5. The number of carbonyl (C=O) groups excluding carboxylic acids is 1. The molecule has 0 saturated heterocycles. The molecule has 1 aromatic rings. The molecule has 3 N–H and O–H groups in total. The van der Waals surface area contributed by atoms with Gasteiger partial charge in [-0.1, -0.05) is 11.6 Å². The lowest BCUT2D eigenvalue weighted by atomic mass is 10.00. The van der Waals surface area contributed by atoms with Crippen molar-refractivity contribution in [3.63, 3.8) is 0 Å². The first-order valence-electron chi connectivity index (χ1n) is 4.94. The van der Waals surface area contributed by atoms with Crippen LogP contribution in [-0.4, -0.2) is 21.4 Å². The predicted octanol–water partition coefficient (Wildman–Crippen LogP) is 1.59. The largest absolute Gasteiger partial charge is 0.326 e. The van der Waals surface area contributed by atoms with E-state index in [1.807, 2.05) is 13.8 Å². The van der Waals surface area contributed by atoms with Crippen molar-refractivity contribution in [1.82, 2.24) is 9.97 Å². The van der Waals surface area contributed by atoms with E-state index < -0.39 is 0 Å². The van der Waals surface area contributed by atoms with E-state index in [2.05, 4.69) is 15.3 Å². The Morgan fingerprint density at radius 1 is 1.62 bits per heavy atom. The van der Waals surface area contributed by atoms with Crippen LogP contribution < -0.4 is 11.1 Å². The maximum Gasteiger partial charge on any atom is 0.230 e. The first-order chi connectivity index (χ1) is 7.37. The van der Waals surface area contributed by atoms with Crippen molar-refractivity contribution in [2.45, 2.75) is 32.2 Å². The Labute approximate surface area is 99.4 Å². The van der Waals surface area contributed by atoms with Crippen molar-refractivity contribution in [2.75, 3.05) is 5.32 Å². The van der Waals surface area contributed by atoms with Crippen LogP contribution in [0.2, 0.25) is 5.15 Å². The van der Waals surface area contributed by atoms with Gasteiger partial charge in [0.15, 0.2) is 0 Å². The zero-order chi connectivity index (χ0) is 12.2. The molecule has 1 amide bonds. The van der Waals surface area contributed by atoms with Gasteiger partial charge in [-0.3, -0.25) is 10.1 Å². The Kier molecular flexibility index (Phi) is 4.20. The van der Waals surface area contributed by atoms with Gasteiger partial charge in [-0.15, -0.1) is 0 Å². The second-order valence-corrected chi connectivity index (χ2v) is 4.63. The molecule has 1 rings (SSSR count). The summed E-state index contributed by atoms with van der Waals surface area (Å²) in [6.45, 7) is 3.74. The van der Waals surface area contributed by atoms with Crippen LogP contribution in [0.1, 0.15) is 26.7 Å². The predicted molar refractivity (Wildman–Crippen MR) is 63.2 cm³/mol. The highest BCUT2D eigenvalue weighted by atomic mass is 35.5. The minimum absolute atomic E-state index is 0.166. The molecule has 0 bridgehead atoms. The van der Waals surface area contributed by atoms with Crippen molar-refractivity contribution in [3.05, 3.63) is 17.4 Å². The molecule has 0 radical (unpaired) electrons. The van der Waals surface area contributed by atoms with E-state index in [9.17, 15) is 4.79 Å². The molecular weight excluding hydrogens is 228 g/mol. The molecule has 0 aliphatic rings. The summed E-state index contributed by atoms with van der Waals surface area (Å²) in [4.78, 5) is 19.2. The smallest absolute Gasteiger partial charge is 0.230 e. The molecule has 88 valence electrons. The minimum atomic E-state index is -0.355.